The molecule has 3 rings (SSSR count). The quantitative estimate of drug-likeness (QED) is 0.547. The fourth-order valence-electron chi connectivity index (χ4n) is 2.96. The molecule has 8 heteroatoms. The molecule has 3 heterocycles. The zero-order chi connectivity index (χ0) is 16.8. The van der Waals surface area contributed by atoms with Crippen LogP contribution in [-0.2, 0) is 11.3 Å². The van der Waals surface area contributed by atoms with Crippen LogP contribution in [0.1, 0.15) is 12.6 Å². The summed E-state index contributed by atoms with van der Waals surface area (Å²) in [6.07, 6.45) is 1.61. The molecule has 0 aliphatic carbocycles. The van der Waals surface area contributed by atoms with Gasteiger partial charge in [-0.25, -0.2) is 0 Å². The van der Waals surface area contributed by atoms with E-state index in [1.807, 2.05) is 6.07 Å². The molecule has 0 atom stereocenters. The van der Waals surface area contributed by atoms with E-state index in [2.05, 4.69) is 27.2 Å². The Bertz CT molecular complexity index is 516. The third-order valence-electron chi connectivity index (χ3n) is 4.60. The first-order valence-electron chi connectivity index (χ1n) is 8.58. The molecule has 0 bridgehead atoms. The third-order valence-corrected chi connectivity index (χ3v) is 4.60. The van der Waals surface area contributed by atoms with Crippen molar-refractivity contribution in [3.63, 3.8) is 0 Å². The van der Waals surface area contributed by atoms with E-state index in [1.54, 1.807) is 6.26 Å². The number of piperazine rings is 1. The van der Waals surface area contributed by atoms with Crippen molar-refractivity contribution in [3.05, 3.63) is 18.0 Å². The van der Waals surface area contributed by atoms with Crippen molar-refractivity contribution in [1.82, 2.24) is 20.3 Å². The van der Waals surface area contributed by atoms with E-state index < -0.39 is 0 Å². The van der Waals surface area contributed by atoms with Crippen molar-refractivity contribution in [3.8, 4) is 0 Å². The predicted octanol–water partition coefficient (Wildman–Crippen LogP) is -0.233. The van der Waals surface area contributed by atoms with Crippen LogP contribution in [0.25, 0.3) is 0 Å². The van der Waals surface area contributed by atoms with Gasteiger partial charge in [0.25, 0.3) is 0 Å². The molecule has 2 aliphatic heterocycles. The van der Waals surface area contributed by atoms with Crippen molar-refractivity contribution >= 4 is 5.96 Å². The summed E-state index contributed by atoms with van der Waals surface area (Å²) >= 11 is 0. The minimum Gasteiger partial charge on any atom is -0.396 e. The number of nitrogens with one attached hydrogen (secondary N) is 1. The lowest BCUT2D eigenvalue weighted by atomic mass is 9.87. The van der Waals surface area contributed by atoms with Gasteiger partial charge in [-0.15, -0.1) is 0 Å². The number of aromatic nitrogens is 1. The highest BCUT2D eigenvalue weighted by atomic mass is 16.5. The van der Waals surface area contributed by atoms with Crippen LogP contribution in [0.15, 0.2) is 21.8 Å². The largest absolute Gasteiger partial charge is 0.396 e. The van der Waals surface area contributed by atoms with Crippen LogP contribution in [0.3, 0.4) is 0 Å². The minimum atomic E-state index is -0.185. The van der Waals surface area contributed by atoms with Crippen molar-refractivity contribution in [2.24, 2.45) is 10.4 Å². The average molecular weight is 337 g/mol. The zero-order valence-electron chi connectivity index (χ0n) is 14.3. The number of aliphatic hydroxyl groups is 1. The van der Waals surface area contributed by atoms with Gasteiger partial charge < -0.3 is 24.6 Å². The Morgan fingerprint density at radius 2 is 2.17 bits per heavy atom. The molecule has 0 aromatic carbocycles. The number of ether oxygens (including phenoxy) is 1. The molecule has 8 nitrogen and oxygen atoms in total. The van der Waals surface area contributed by atoms with E-state index in [1.165, 1.54) is 0 Å². The Hall–Kier alpha value is -1.64. The van der Waals surface area contributed by atoms with Gasteiger partial charge in [-0.2, -0.15) is 0 Å². The lowest BCUT2D eigenvalue weighted by molar-refractivity contribution is -0.130. The maximum absolute atomic E-state index is 9.54. The van der Waals surface area contributed by atoms with Crippen LogP contribution in [0, 0.1) is 5.41 Å². The first-order valence-corrected chi connectivity index (χ1v) is 8.58. The van der Waals surface area contributed by atoms with Crippen molar-refractivity contribution < 1.29 is 14.4 Å². The number of nitrogens with zero attached hydrogens (tertiary/aromatic N) is 4. The summed E-state index contributed by atoms with van der Waals surface area (Å²) in [6.45, 7) is 9.42. The molecule has 0 unspecified atom stereocenters. The van der Waals surface area contributed by atoms with E-state index in [0.29, 0.717) is 19.8 Å². The summed E-state index contributed by atoms with van der Waals surface area (Å²) in [6, 6.07) is 1.91. The Labute approximate surface area is 142 Å². The average Bonchev–Trinajstić information content (AvgIpc) is 3.07. The van der Waals surface area contributed by atoms with E-state index in [0.717, 1.165) is 50.9 Å². The van der Waals surface area contributed by atoms with Gasteiger partial charge in [-0.1, -0.05) is 5.16 Å². The molecule has 2 fully saturated rings. The molecule has 0 amide bonds. The molecule has 0 radical (unpaired) electrons. The molecule has 0 saturated carbocycles. The molecule has 134 valence electrons. The van der Waals surface area contributed by atoms with Crippen LogP contribution >= 0.6 is 0 Å². The monoisotopic (exact) mass is 337 g/mol. The van der Waals surface area contributed by atoms with Gasteiger partial charge in [0.15, 0.2) is 5.96 Å². The maximum atomic E-state index is 9.54. The third kappa shape index (κ3) is 4.06. The van der Waals surface area contributed by atoms with E-state index in [4.69, 9.17) is 14.3 Å². The second-order valence-corrected chi connectivity index (χ2v) is 6.58. The minimum absolute atomic E-state index is 0.126. The number of hydrogen-bond donors (Lipinski definition) is 2. The number of aliphatic imine (C=N–C) groups is 1. The molecular formula is C16H27N5O3. The van der Waals surface area contributed by atoms with Crippen molar-refractivity contribution in [2.45, 2.75) is 13.5 Å². The normalized spacial score (nSPS) is 21.6. The molecule has 24 heavy (non-hydrogen) atoms. The topological polar surface area (TPSA) is 86.4 Å². The van der Waals surface area contributed by atoms with Gasteiger partial charge in [0, 0.05) is 45.3 Å². The first kappa shape index (κ1) is 17.2. The van der Waals surface area contributed by atoms with Crippen LogP contribution in [-0.4, -0.2) is 85.1 Å². The summed E-state index contributed by atoms with van der Waals surface area (Å²) in [5, 5.41) is 16.9. The predicted molar refractivity (Wildman–Crippen MR) is 89.7 cm³/mol. The molecule has 2 saturated heterocycles. The van der Waals surface area contributed by atoms with Crippen molar-refractivity contribution in [2.75, 3.05) is 59.1 Å². The van der Waals surface area contributed by atoms with Gasteiger partial charge in [-0.05, 0) is 6.92 Å². The van der Waals surface area contributed by atoms with Gasteiger partial charge in [-0.3, -0.25) is 9.89 Å². The summed E-state index contributed by atoms with van der Waals surface area (Å²) < 4.78 is 10.1. The Balaban J connectivity index is 1.53. The Morgan fingerprint density at radius 1 is 1.38 bits per heavy atom. The molecule has 1 aromatic heterocycles. The number of guanidine groups is 1. The van der Waals surface area contributed by atoms with E-state index in [-0.39, 0.29) is 12.0 Å². The van der Waals surface area contributed by atoms with Gasteiger partial charge in [0.05, 0.1) is 37.5 Å². The zero-order valence-corrected chi connectivity index (χ0v) is 14.3. The summed E-state index contributed by atoms with van der Waals surface area (Å²) in [5.41, 5.74) is 0.786. The van der Waals surface area contributed by atoms with Crippen LogP contribution in [0.2, 0.25) is 0 Å². The highest BCUT2D eigenvalue weighted by Crippen LogP contribution is 2.27. The second kappa shape index (κ2) is 7.96. The van der Waals surface area contributed by atoms with Crippen molar-refractivity contribution in [1.29, 1.82) is 0 Å². The summed E-state index contributed by atoms with van der Waals surface area (Å²) in [4.78, 5) is 9.40. The Kier molecular flexibility index (Phi) is 5.70. The fraction of sp³-hybridized carbons (Fsp3) is 0.750. The molecule has 2 N–H and O–H groups in total. The molecule has 1 aromatic rings. The van der Waals surface area contributed by atoms with E-state index in [9.17, 15) is 5.11 Å². The summed E-state index contributed by atoms with van der Waals surface area (Å²) in [5.74, 6) is 0.929. The highest BCUT2D eigenvalue weighted by molar-refractivity contribution is 5.80. The number of hydrogen-bond acceptors (Lipinski definition) is 6. The highest BCUT2D eigenvalue weighted by Gasteiger charge is 2.38. The van der Waals surface area contributed by atoms with E-state index >= 15 is 0 Å². The van der Waals surface area contributed by atoms with Crippen LogP contribution < -0.4 is 5.32 Å². The van der Waals surface area contributed by atoms with Crippen LogP contribution in [0.5, 0.6) is 0 Å². The standard InChI is InChI=1S/C16H27N5O3/c1-2-17-15(18-10-16(11-22)12-23-13-16)21-6-4-20(5-7-21)9-14-3-8-24-19-14/h3,8,22H,2,4-7,9-13H2,1H3,(H,17,18). The van der Waals surface area contributed by atoms with Gasteiger partial charge in [0.1, 0.15) is 6.26 Å². The second-order valence-electron chi connectivity index (χ2n) is 6.58. The first-order chi connectivity index (χ1) is 11.7. The summed E-state index contributed by atoms with van der Waals surface area (Å²) in [7, 11) is 0. The fourth-order valence-corrected chi connectivity index (χ4v) is 2.96. The molecular weight excluding hydrogens is 310 g/mol. The lowest BCUT2D eigenvalue weighted by Crippen LogP contribution is -2.53. The Morgan fingerprint density at radius 3 is 2.71 bits per heavy atom. The maximum Gasteiger partial charge on any atom is 0.194 e. The molecule has 2 aliphatic rings. The van der Waals surface area contributed by atoms with Crippen LogP contribution in [0.4, 0.5) is 0 Å². The smallest absolute Gasteiger partial charge is 0.194 e. The van der Waals surface area contributed by atoms with Gasteiger partial charge >= 0.3 is 0 Å². The number of rotatable bonds is 6. The lowest BCUT2D eigenvalue weighted by Gasteiger charge is -2.40. The van der Waals surface area contributed by atoms with Gasteiger partial charge in [0.2, 0.25) is 0 Å². The SMILES string of the molecule is CCNC(=NCC1(CO)COC1)N1CCN(Cc2ccon2)CC1. The number of aliphatic hydroxyl groups excluding tert-OH is 1. The molecule has 0 spiro atoms.